The second-order valence-electron chi connectivity index (χ2n) is 6.51. The van der Waals surface area contributed by atoms with Gasteiger partial charge in [-0.1, -0.05) is 6.92 Å². The normalized spacial score (nSPS) is 21.7. The van der Waals surface area contributed by atoms with E-state index in [0.29, 0.717) is 16.8 Å². The van der Waals surface area contributed by atoms with E-state index in [4.69, 9.17) is 9.72 Å². The van der Waals surface area contributed by atoms with Gasteiger partial charge in [0.05, 0.1) is 12.5 Å². The van der Waals surface area contributed by atoms with E-state index in [-0.39, 0.29) is 5.97 Å². The van der Waals surface area contributed by atoms with Crippen LogP contribution in [0.1, 0.15) is 47.7 Å². The number of nitrogens with zero attached hydrogens (tertiary/aromatic N) is 3. The summed E-state index contributed by atoms with van der Waals surface area (Å²) in [4.78, 5) is 25.2. The molecule has 1 fully saturated rings. The first-order valence-corrected chi connectivity index (χ1v) is 8.86. The predicted molar refractivity (Wildman–Crippen MR) is 93.4 cm³/mol. The zero-order valence-corrected chi connectivity index (χ0v) is 15.2. The smallest absolute Gasteiger partial charge is 0.348 e. The van der Waals surface area contributed by atoms with Crippen molar-refractivity contribution >= 4 is 33.3 Å². The van der Waals surface area contributed by atoms with E-state index >= 15 is 0 Å². The fraction of sp³-hybridized carbons (Fsp3) is 0.588. The predicted octanol–water partition coefficient (Wildman–Crippen LogP) is 3.72. The minimum atomic E-state index is -0.297. The van der Waals surface area contributed by atoms with Gasteiger partial charge in [0.25, 0.3) is 0 Å². The van der Waals surface area contributed by atoms with Crippen molar-refractivity contribution in [2.45, 2.75) is 46.6 Å². The Kier molecular flexibility index (Phi) is 4.27. The summed E-state index contributed by atoms with van der Waals surface area (Å²) < 4.78 is 4.91. The van der Waals surface area contributed by atoms with Gasteiger partial charge < -0.3 is 9.64 Å². The largest absolute Gasteiger partial charge is 0.465 e. The standard InChI is InChI=1S/C17H23N3O2S/c1-9-6-7-10(2)20(8-9)15-13-11(3)14(17(21)22-5)23-16(13)19-12(4)18-15/h9-10H,6-8H2,1-5H3. The van der Waals surface area contributed by atoms with Crippen LogP contribution in [0.5, 0.6) is 0 Å². The molecular weight excluding hydrogens is 310 g/mol. The van der Waals surface area contributed by atoms with E-state index in [9.17, 15) is 4.79 Å². The molecule has 2 aromatic rings. The highest BCUT2D eigenvalue weighted by Gasteiger charge is 2.28. The number of hydrogen-bond acceptors (Lipinski definition) is 6. The van der Waals surface area contributed by atoms with E-state index < -0.39 is 0 Å². The van der Waals surface area contributed by atoms with Crippen LogP contribution in [0.2, 0.25) is 0 Å². The molecule has 1 saturated heterocycles. The number of thiophene rings is 1. The second-order valence-corrected chi connectivity index (χ2v) is 7.51. The molecular formula is C17H23N3O2S. The monoisotopic (exact) mass is 333 g/mol. The fourth-order valence-corrected chi connectivity index (χ4v) is 4.44. The lowest BCUT2D eigenvalue weighted by molar-refractivity contribution is 0.0605. The number of piperidine rings is 1. The molecule has 0 amide bonds. The van der Waals surface area contributed by atoms with Gasteiger partial charge in [0.15, 0.2) is 0 Å². The number of carbonyl (C=O) groups is 1. The van der Waals surface area contributed by atoms with Gasteiger partial charge in [0.2, 0.25) is 0 Å². The number of hydrogen-bond donors (Lipinski definition) is 0. The highest BCUT2D eigenvalue weighted by atomic mass is 32.1. The lowest BCUT2D eigenvalue weighted by Gasteiger charge is -2.38. The zero-order valence-electron chi connectivity index (χ0n) is 14.3. The summed E-state index contributed by atoms with van der Waals surface area (Å²) in [6.07, 6.45) is 2.42. The molecule has 2 atom stereocenters. The van der Waals surface area contributed by atoms with Gasteiger partial charge in [0, 0.05) is 12.6 Å². The van der Waals surface area contributed by atoms with Crippen LogP contribution in [0.15, 0.2) is 0 Å². The summed E-state index contributed by atoms with van der Waals surface area (Å²) >= 11 is 1.40. The van der Waals surface area contributed by atoms with Crippen LogP contribution in [-0.4, -0.2) is 35.6 Å². The Balaban J connectivity index is 2.19. The number of aryl methyl sites for hydroxylation is 2. The van der Waals surface area contributed by atoms with E-state index in [1.54, 1.807) is 0 Å². The van der Waals surface area contributed by atoms with Crippen LogP contribution >= 0.6 is 11.3 Å². The Labute approximate surface area is 140 Å². The number of anilines is 1. The molecule has 1 aliphatic rings. The molecule has 2 unspecified atom stereocenters. The van der Waals surface area contributed by atoms with Crippen molar-refractivity contribution in [3.63, 3.8) is 0 Å². The molecule has 0 bridgehead atoms. The van der Waals surface area contributed by atoms with Crippen molar-refractivity contribution in [2.75, 3.05) is 18.6 Å². The maximum absolute atomic E-state index is 12.0. The number of esters is 1. The lowest BCUT2D eigenvalue weighted by atomic mass is 9.94. The number of methoxy groups -OCH3 is 1. The van der Waals surface area contributed by atoms with Crippen LogP contribution in [0.25, 0.3) is 10.2 Å². The van der Waals surface area contributed by atoms with Crippen molar-refractivity contribution in [3.05, 3.63) is 16.3 Å². The van der Waals surface area contributed by atoms with E-state index in [0.717, 1.165) is 34.0 Å². The van der Waals surface area contributed by atoms with E-state index in [2.05, 4.69) is 23.7 Å². The van der Waals surface area contributed by atoms with E-state index in [1.807, 2.05) is 13.8 Å². The third kappa shape index (κ3) is 2.80. The molecule has 0 saturated carbocycles. The Morgan fingerprint density at radius 2 is 2.00 bits per heavy atom. The van der Waals surface area contributed by atoms with Gasteiger partial charge >= 0.3 is 5.97 Å². The Bertz CT molecular complexity index is 756. The summed E-state index contributed by atoms with van der Waals surface area (Å²) in [6, 6.07) is 0.449. The summed E-state index contributed by atoms with van der Waals surface area (Å²) in [6.45, 7) is 9.40. The average Bonchev–Trinajstić information content (AvgIpc) is 2.85. The van der Waals surface area contributed by atoms with Crippen LogP contribution in [0.4, 0.5) is 5.82 Å². The van der Waals surface area contributed by atoms with Gasteiger partial charge in [0.1, 0.15) is 21.3 Å². The molecule has 5 nitrogen and oxygen atoms in total. The molecule has 0 spiro atoms. The molecule has 0 aromatic carbocycles. The number of fused-ring (bicyclic) bond motifs is 1. The van der Waals surface area contributed by atoms with Gasteiger partial charge in [-0.15, -0.1) is 11.3 Å². The Morgan fingerprint density at radius 1 is 1.26 bits per heavy atom. The summed E-state index contributed by atoms with van der Waals surface area (Å²) in [5.74, 6) is 2.07. The average molecular weight is 333 g/mol. The van der Waals surface area contributed by atoms with Gasteiger partial charge in [-0.25, -0.2) is 14.8 Å². The van der Waals surface area contributed by atoms with Gasteiger partial charge in [-0.2, -0.15) is 0 Å². The topological polar surface area (TPSA) is 55.3 Å². The number of rotatable bonds is 2. The molecule has 1 aliphatic heterocycles. The maximum atomic E-state index is 12.0. The Hall–Kier alpha value is -1.69. The third-order valence-electron chi connectivity index (χ3n) is 4.64. The van der Waals surface area contributed by atoms with Crippen molar-refractivity contribution in [1.29, 1.82) is 0 Å². The van der Waals surface area contributed by atoms with Crippen molar-refractivity contribution in [1.82, 2.24) is 9.97 Å². The molecule has 124 valence electrons. The lowest BCUT2D eigenvalue weighted by Crippen LogP contribution is -2.41. The summed E-state index contributed by atoms with van der Waals surface area (Å²) in [5.41, 5.74) is 0.928. The van der Waals surface area contributed by atoms with E-state index in [1.165, 1.54) is 31.3 Å². The van der Waals surface area contributed by atoms with Crippen LogP contribution < -0.4 is 4.90 Å². The first kappa shape index (κ1) is 16.2. The summed E-state index contributed by atoms with van der Waals surface area (Å²) in [7, 11) is 1.42. The highest BCUT2D eigenvalue weighted by Crippen LogP contribution is 2.38. The second kappa shape index (κ2) is 6.07. The number of carbonyl (C=O) groups excluding carboxylic acids is 1. The van der Waals surface area contributed by atoms with Crippen molar-refractivity contribution < 1.29 is 9.53 Å². The highest BCUT2D eigenvalue weighted by molar-refractivity contribution is 7.20. The number of aromatic nitrogens is 2. The molecule has 0 radical (unpaired) electrons. The quantitative estimate of drug-likeness (QED) is 0.784. The number of ether oxygens (including phenoxy) is 1. The minimum Gasteiger partial charge on any atom is -0.465 e. The van der Waals surface area contributed by atoms with Gasteiger partial charge in [-0.05, 0) is 45.1 Å². The Morgan fingerprint density at radius 3 is 2.70 bits per heavy atom. The third-order valence-corrected chi connectivity index (χ3v) is 5.81. The fourth-order valence-electron chi connectivity index (χ4n) is 3.30. The van der Waals surface area contributed by atoms with Crippen molar-refractivity contribution in [2.24, 2.45) is 5.92 Å². The van der Waals surface area contributed by atoms with Gasteiger partial charge in [-0.3, -0.25) is 0 Å². The molecule has 6 heteroatoms. The van der Waals surface area contributed by atoms with Crippen LogP contribution in [0.3, 0.4) is 0 Å². The summed E-state index contributed by atoms with van der Waals surface area (Å²) in [5, 5.41) is 1.00. The van der Waals surface area contributed by atoms with Crippen molar-refractivity contribution in [3.8, 4) is 0 Å². The zero-order chi connectivity index (χ0) is 16.7. The molecule has 3 heterocycles. The molecule has 0 aliphatic carbocycles. The minimum absolute atomic E-state index is 0.297. The van der Waals surface area contributed by atoms with Crippen LogP contribution in [0, 0.1) is 19.8 Å². The first-order chi connectivity index (χ1) is 10.9. The molecule has 2 aromatic heterocycles. The maximum Gasteiger partial charge on any atom is 0.348 e. The molecule has 3 rings (SSSR count). The molecule has 23 heavy (non-hydrogen) atoms. The SMILES string of the molecule is COC(=O)c1sc2nc(C)nc(N3CC(C)CCC3C)c2c1C. The van der Waals surface area contributed by atoms with Crippen LogP contribution in [-0.2, 0) is 4.74 Å². The molecule has 0 N–H and O–H groups in total. The first-order valence-electron chi connectivity index (χ1n) is 8.05.